The highest BCUT2D eigenvalue weighted by Crippen LogP contribution is 2.19. The molecule has 0 aliphatic heterocycles. The van der Waals surface area contributed by atoms with Crippen molar-refractivity contribution in [2.75, 3.05) is 19.3 Å². The van der Waals surface area contributed by atoms with Crippen molar-refractivity contribution in [2.24, 2.45) is 0 Å². The number of aromatic amines is 1. The number of sulfonamides is 1. The first kappa shape index (κ1) is 18.9. The van der Waals surface area contributed by atoms with Gasteiger partial charge in [0, 0.05) is 42.7 Å². The van der Waals surface area contributed by atoms with Gasteiger partial charge in [0.05, 0.1) is 6.26 Å². The molecule has 2 N–H and O–H groups in total. The van der Waals surface area contributed by atoms with E-state index in [0.29, 0.717) is 13.0 Å². The molecule has 0 atom stereocenters. The smallest absolute Gasteiger partial charge is 0.221 e. The number of hydrogen-bond donors (Lipinski definition) is 2. The molecule has 26 heavy (non-hydrogen) atoms. The van der Waals surface area contributed by atoms with E-state index in [4.69, 9.17) is 0 Å². The summed E-state index contributed by atoms with van der Waals surface area (Å²) in [5.74, 6) is -0.0577. The molecule has 1 aromatic heterocycles. The molecule has 1 aromatic carbocycles. The highest BCUT2D eigenvalue weighted by Gasteiger charge is 2.21. The van der Waals surface area contributed by atoms with E-state index < -0.39 is 10.0 Å². The van der Waals surface area contributed by atoms with Gasteiger partial charge in [-0.05, 0) is 30.9 Å². The number of rotatable bonds is 8. The Hall–Kier alpha value is -1.86. The van der Waals surface area contributed by atoms with Gasteiger partial charge in [-0.3, -0.25) is 4.79 Å². The second-order valence-electron chi connectivity index (χ2n) is 7.07. The van der Waals surface area contributed by atoms with Crippen molar-refractivity contribution in [3.8, 4) is 0 Å². The number of H-pyrrole nitrogens is 1. The van der Waals surface area contributed by atoms with Crippen LogP contribution in [0.15, 0.2) is 30.5 Å². The largest absolute Gasteiger partial charge is 0.361 e. The van der Waals surface area contributed by atoms with Crippen LogP contribution < -0.4 is 5.32 Å². The van der Waals surface area contributed by atoms with Crippen molar-refractivity contribution in [3.63, 3.8) is 0 Å². The highest BCUT2D eigenvalue weighted by molar-refractivity contribution is 7.88. The number of aromatic nitrogens is 1. The van der Waals surface area contributed by atoms with Crippen molar-refractivity contribution < 1.29 is 13.2 Å². The summed E-state index contributed by atoms with van der Waals surface area (Å²) in [6.45, 7) is 0.594. The third kappa shape index (κ3) is 4.86. The summed E-state index contributed by atoms with van der Waals surface area (Å²) in [7, 11) is -3.35. The summed E-state index contributed by atoms with van der Waals surface area (Å²) in [5, 5.41) is 4.13. The lowest BCUT2D eigenvalue weighted by Crippen LogP contribution is -2.38. The van der Waals surface area contributed by atoms with Crippen molar-refractivity contribution in [3.05, 3.63) is 36.0 Å². The Morgan fingerprint density at radius 2 is 1.96 bits per heavy atom. The summed E-state index contributed by atoms with van der Waals surface area (Å²) in [5.41, 5.74) is 2.13. The molecule has 1 amide bonds. The second kappa shape index (κ2) is 8.22. The molecule has 0 unspecified atom stereocenters. The Morgan fingerprint density at radius 1 is 1.23 bits per heavy atom. The van der Waals surface area contributed by atoms with E-state index in [0.717, 1.165) is 42.1 Å². The van der Waals surface area contributed by atoms with Gasteiger partial charge in [-0.25, -0.2) is 12.7 Å². The van der Waals surface area contributed by atoms with Crippen molar-refractivity contribution in [1.82, 2.24) is 14.6 Å². The zero-order valence-corrected chi connectivity index (χ0v) is 16.0. The maximum Gasteiger partial charge on any atom is 0.221 e. The molecule has 6 nitrogen and oxygen atoms in total. The van der Waals surface area contributed by atoms with E-state index in [9.17, 15) is 13.2 Å². The van der Waals surface area contributed by atoms with Crippen LogP contribution in [-0.4, -0.2) is 49.0 Å². The van der Waals surface area contributed by atoms with Gasteiger partial charge in [-0.2, -0.15) is 0 Å². The van der Waals surface area contributed by atoms with Crippen molar-refractivity contribution in [2.45, 2.75) is 44.6 Å². The molecule has 142 valence electrons. The molecule has 2 aromatic rings. The van der Waals surface area contributed by atoms with E-state index in [1.807, 2.05) is 30.5 Å². The lowest BCUT2D eigenvalue weighted by Gasteiger charge is -2.20. The second-order valence-corrected chi connectivity index (χ2v) is 9.05. The van der Waals surface area contributed by atoms with Gasteiger partial charge in [0.1, 0.15) is 0 Å². The molecule has 7 heteroatoms. The molecule has 1 aliphatic carbocycles. The zero-order chi connectivity index (χ0) is 18.6. The molecule has 1 heterocycles. The van der Waals surface area contributed by atoms with Gasteiger partial charge in [0.2, 0.25) is 15.9 Å². The topological polar surface area (TPSA) is 82.3 Å². The first-order valence-electron chi connectivity index (χ1n) is 9.23. The number of benzene rings is 1. The predicted octanol–water partition coefficient (Wildman–Crippen LogP) is 2.42. The number of carbonyl (C=O) groups excluding carboxylic acids is 1. The third-order valence-electron chi connectivity index (χ3n) is 5.08. The molecule has 0 radical (unpaired) electrons. The van der Waals surface area contributed by atoms with E-state index in [2.05, 4.69) is 10.3 Å². The summed E-state index contributed by atoms with van der Waals surface area (Å²) >= 11 is 0. The van der Waals surface area contributed by atoms with Crippen LogP contribution in [0.25, 0.3) is 10.9 Å². The molecule has 0 saturated heterocycles. The standard InChI is InChI=1S/C19H27N3O3S/c1-26(24,25)22(13-11-19(23)21-16-6-2-3-7-16)12-10-15-14-20-18-9-5-4-8-17(15)18/h4-5,8-9,14,16,20H,2-3,6-7,10-13H2,1H3,(H,21,23). The number of carbonyl (C=O) groups is 1. The fraction of sp³-hybridized carbons (Fsp3) is 0.526. The molecular formula is C19H27N3O3S. The Labute approximate surface area is 155 Å². The number of nitrogens with zero attached hydrogens (tertiary/aromatic N) is 1. The minimum Gasteiger partial charge on any atom is -0.361 e. The van der Waals surface area contributed by atoms with Gasteiger partial charge in [0.25, 0.3) is 0 Å². The molecule has 1 fully saturated rings. The monoisotopic (exact) mass is 377 g/mol. The number of para-hydroxylation sites is 1. The Bertz CT molecular complexity index is 854. The molecule has 3 rings (SSSR count). The van der Waals surface area contributed by atoms with Crippen LogP contribution in [0.3, 0.4) is 0 Å². The maximum absolute atomic E-state index is 12.1. The predicted molar refractivity (Wildman–Crippen MR) is 103 cm³/mol. The first-order chi connectivity index (χ1) is 12.4. The Balaban J connectivity index is 1.57. The van der Waals surface area contributed by atoms with Crippen LogP contribution in [0.1, 0.15) is 37.7 Å². The van der Waals surface area contributed by atoms with Crippen LogP contribution in [0.2, 0.25) is 0 Å². The summed E-state index contributed by atoms with van der Waals surface area (Å²) in [6.07, 6.45) is 8.33. The fourth-order valence-electron chi connectivity index (χ4n) is 3.62. The average Bonchev–Trinajstić information content (AvgIpc) is 3.23. The number of fused-ring (bicyclic) bond motifs is 1. The Morgan fingerprint density at radius 3 is 2.69 bits per heavy atom. The molecule has 0 spiro atoms. The van der Waals surface area contributed by atoms with Crippen LogP contribution in [0.5, 0.6) is 0 Å². The van der Waals surface area contributed by atoms with E-state index in [1.165, 1.54) is 10.6 Å². The minimum absolute atomic E-state index is 0.0577. The Kier molecular flexibility index (Phi) is 5.98. The summed E-state index contributed by atoms with van der Waals surface area (Å²) < 4.78 is 25.6. The normalized spacial score (nSPS) is 15.8. The van der Waals surface area contributed by atoms with E-state index >= 15 is 0 Å². The van der Waals surface area contributed by atoms with Crippen LogP contribution >= 0.6 is 0 Å². The van der Waals surface area contributed by atoms with Crippen LogP contribution in [-0.2, 0) is 21.2 Å². The minimum atomic E-state index is -3.35. The van der Waals surface area contributed by atoms with Crippen LogP contribution in [0.4, 0.5) is 0 Å². The SMILES string of the molecule is CS(=O)(=O)N(CCC(=O)NC1CCCC1)CCc1c[nH]c2ccccc12. The quantitative estimate of drug-likeness (QED) is 0.741. The molecule has 1 aliphatic rings. The highest BCUT2D eigenvalue weighted by atomic mass is 32.2. The van der Waals surface area contributed by atoms with Gasteiger partial charge in [0.15, 0.2) is 0 Å². The number of hydrogen-bond acceptors (Lipinski definition) is 3. The number of nitrogens with one attached hydrogen (secondary N) is 2. The van der Waals surface area contributed by atoms with E-state index in [-0.39, 0.29) is 24.9 Å². The first-order valence-corrected chi connectivity index (χ1v) is 11.1. The lowest BCUT2D eigenvalue weighted by atomic mass is 10.1. The zero-order valence-electron chi connectivity index (χ0n) is 15.2. The summed E-state index contributed by atoms with van der Waals surface area (Å²) in [6, 6.07) is 8.23. The van der Waals surface area contributed by atoms with Gasteiger partial charge >= 0.3 is 0 Å². The van der Waals surface area contributed by atoms with Crippen molar-refractivity contribution in [1.29, 1.82) is 0 Å². The fourth-order valence-corrected chi connectivity index (χ4v) is 4.47. The average molecular weight is 378 g/mol. The molecule has 1 saturated carbocycles. The molecular weight excluding hydrogens is 350 g/mol. The lowest BCUT2D eigenvalue weighted by molar-refractivity contribution is -0.121. The summed E-state index contributed by atoms with van der Waals surface area (Å²) in [4.78, 5) is 15.3. The molecule has 0 bridgehead atoms. The van der Waals surface area contributed by atoms with Crippen molar-refractivity contribution >= 4 is 26.8 Å². The van der Waals surface area contributed by atoms with Gasteiger partial charge < -0.3 is 10.3 Å². The van der Waals surface area contributed by atoms with Gasteiger partial charge in [-0.15, -0.1) is 0 Å². The third-order valence-corrected chi connectivity index (χ3v) is 6.39. The maximum atomic E-state index is 12.1. The van der Waals surface area contributed by atoms with Gasteiger partial charge in [-0.1, -0.05) is 31.0 Å². The van der Waals surface area contributed by atoms with Crippen LogP contribution in [0, 0.1) is 0 Å². The van der Waals surface area contributed by atoms with E-state index in [1.54, 1.807) is 0 Å². The number of amides is 1.